The van der Waals surface area contributed by atoms with Crippen LogP contribution in [0.25, 0.3) is 0 Å². The first kappa shape index (κ1) is 19.1. The van der Waals surface area contributed by atoms with Crippen molar-refractivity contribution in [1.82, 2.24) is 0 Å². The van der Waals surface area contributed by atoms with Gasteiger partial charge in [-0.25, -0.2) is 0 Å². The van der Waals surface area contributed by atoms with Gasteiger partial charge in [0.1, 0.15) is 0 Å². The van der Waals surface area contributed by atoms with Gasteiger partial charge in [0.05, 0.1) is 0 Å². The molecular formula is C22H37Cl. The summed E-state index contributed by atoms with van der Waals surface area (Å²) in [5.74, 6) is 3.89. The van der Waals surface area contributed by atoms with Crippen LogP contribution in [0.3, 0.4) is 0 Å². The lowest BCUT2D eigenvalue weighted by atomic mass is 9.71. The van der Waals surface area contributed by atoms with Crippen LogP contribution in [0.2, 0.25) is 0 Å². The Kier molecular flexibility index (Phi) is 8.24. The fraction of sp³-hybridized carbons (Fsp3) is 0.818. The van der Waals surface area contributed by atoms with Gasteiger partial charge in [0, 0.05) is 5.03 Å². The first-order valence-corrected chi connectivity index (χ1v) is 10.5. The SMILES string of the molecule is CC/C(=C\C=C(/C)Cl)C1CCC(C2CCCC(CC)CC2)CC1. The zero-order valence-corrected chi connectivity index (χ0v) is 16.4. The molecule has 2 fully saturated rings. The van der Waals surface area contributed by atoms with E-state index in [9.17, 15) is 0 Å². The monoisotopic (exact) mass is 336 g/mol. The second-order valence-electron chi connectivity index (χ2n) is 8.00. The molecule has 2 aliphatic rings. The van der Waals surface area contributed by atoms with Crippen LogP contribution in [0.1, 0.15) is 91.4 Å². The Morgan fingerprint density at radius 3 is 2.13 bits per heavy atom. The number of allylic oxidation sites excluding steroid dienone is 4. The van der Waals surface area contributed by atoms with Crippen molar-refractivity contribution in [1.29, 1.82) is 0 Å². The van der Waals surface area contributed by atoms with E-state index in [0.29, 0.717) is 0 Å². The molecule has 0 saturated heterocycles. The normalized spacial score (nSPS) is 34.3. The van der Waals surface area contributed by atoms with E-state index in [1.54, 1.807) is 5.57 Å². The van der Waals surface area contributed by atoms with Crippen molar-refractivity contribution >= 4 is 11.6 Å². The van der Waals surface area contributed by atoms with Gasteiger partial charge >= 0.3 is 0 Å². The molecule has 0 bridgehead atoms. The Hall–Kier alpha value is -0.230. The fourth-order valence-corrected chi connectivity index (χ4v) is 5.08. The van der Waals surface area contributed by atoms with Crippen molar-refractivity contribution in [2.24, 2.45) is 23.7 Å². The first-order valence-electron chi connectivity index (χ1n) is 10.2. The van der Waals surface area contributed by atoms with Crippen LogP contribution in [-0.4, -0.2) is 0 Å². The molecule has 0 amide bonds. The third-order valence-corrected chi connectivity index (χ3v) is 6.73. The van der Waals surface area contributed by atoms with Crippen molar-refractivity contribution in [3.05, 3.63) is 22.8 Å². The van der Waals surface area contributed by atoms with Gasteiger partial charge in [0.2, 0.25) is 0 Å². The van der Waals surface area contributed by atoms with Crippen LogP contribution in [0.5, 0.6) is 0 Å². The highest BCUT2D eigenvalue weighted by molar-refractivity contribution is 6.29. The van der Waals surface area contributed by atoms with Crippen LogP contribution in [-0.2, 0) is 0 Å². The molecule has 0 spiro atoms. The summed E-state index contributed by atoms with van der Waals surface area (Å²) >= 11 is 6.00. The molecule has 0 aromatic rings. The van der Waals surface area contributed by atoms with Gasteiger partial charge in [0.15, 0.2) is 0 Å². The summed E-state index contributed by atoms with van der Waals surface area (Å²) in [6, 6.07) is 0. The molecule has 0 radical (unpaired) electrons. The second kappa shape index (κ2) is 9.92. The molecule has 132 valence electrons. The maximum absolute atomic E-state index is 6.00. The quantitative estimate of drug-likeness (QED) is 0.353. The molecule has 2 unspecified atom stereocenters. The highest BCUT2D eigenvalue weighted by Crippen LogP contribution is 2.42. The lowest BCUT2D eigenvalue weighted by molar-refractivity contribution is 0.199. The summed E-state index contributed by atoms with van der Waals surface area (Å²) in [5, 5.41) is 0.897. The lowest BCUT2D eigenvalue weighted by Gasteiger charge is -2.34. The summed E-state index contributed by atoms with van der Waals surface area (Å²) in [6.07, 6.45) is 20.2. The van der Waals surface area contributed by atoms with Gasteiger partial charge in [-0.3, -0.25) is 0 Å². The molecule has 1 heteroatoms. The topological polar surface area (TPSA) is 0 Å². The Labute approximate surface area is 149 Å². The molecule has 2 saturated carbocycles. The van der Waals surface area contributed by atoms with Crippen LogP contribution in [0.4, 0.5) is 0 Å². The minimum atomic E-state index is 0.817. The highest BCUT2D eigenvalue weighted by atomic mass is 35.5. The Bertz CT molecular complexity index is 394. The Morgan fingerprint density at radius 2 is 1.52 bits per heavy atom. The minimum Gasteiger partial charge on any atom is -0.0895 e. The van der Waals surface area contributed by atoms with E-state index in [4.69, 9.17) is 11.6 Å². The van der Waals surface area contributed by atoms with Crippen molar-refractivity contribution in [2.75, 3.05) is 0 Å². The van der Waals surface area contributed by atoms with Gasteiger partial charge < -0.3 is 0 Å². The predicted molar refractivity (Wildman–Crippen MR) is 104 cm³/mol. The summed E-state index contributed by atoms with van der Waals surface area (Å²) in [5.41, 5.74) is 1.62. The third kappa shape index (κ3) is 5.96. The number of rotatable bonds is 5. The summed E-state index contributed by atoms with van der Waals surface area (Å²) in [7, 11) is 0. The number of hydrogen-bond acceptors (Lipinski definition) is 0. The Morgan fingerprint density at radius 1 is 0.870 bits per heavy atom. The molecule has 0 heterocycles. The highest BCUT2D eigenvalue weighted by Gasteiger charge is 2.29. The van der Waals surface area contributed by atoms with Crippen molar-refractivity contribution in [2.45, 2.75) is 91.4 Å². The van der Waals surface area contributed by atoms with Gasteiger partial charge in [-0.1, -0.05) is 69.2 Å². The lowest BCUT2D eigenvalue weighted by Crippen LogP contribution is -2.22. The summed E-state index contributed by atoms with van der Waals surface area (Å²) < 4.78 is 0. The largest absolute Gasteiger partial charge is 0.0895 e. The zero-order chi connectivity index (χ0) is 16.7. The standard InChI is InChI=1S/C22H37Cl/c1-4-18-7-6-8-20(12-10-18)22-15-13-21(14-16-22)19(5-2)11-9-17(3)23/h9,11,18,20-22H,4-8,10,12-16H2,1-3H3/b17-9+,19-11+. The van der Waals surface area contributed by atoms with E-state index in [1.165, 1.54) is 70.6 Å². The molecule has 2 rings (SSSR count). The summed E-state index contributed by atoms with van der Waals surface area (Å²) in [6.45, 7) is 6.65. The second-order valence-corrected chi connectivity index (χ2v) is 8.60. The van der Waals surface area contributed by atoms with Gasteiger partial charge in [-0.05, 0) is 75.2 Å². The van der Waals surface area contributed by atoms with Crippen LogP contribution < -0.4 is 0 Å². The molecule has 23 heavy (non-hydrogen) atoms. The maximum Gasteiger partial charge on any atom is 0.0149 e. The average Bonchev–Trinajstić information content (AvgIpc) is 2.81. The van der Waals surface area contributed by atoms with Crippen LogP contribution in [0, 0.1) is 23.7 Å². The molecule has 0 aliphatic heterocycles. The van der Waals surface area contributed by atoms with E-state index in [0.717, 1.165) is 28.7 Å². The fourth-order valence-electron chi connectivity index (χ4n) is 5.01. The molecule has 0 N–H and O–H groups in total. The molecule has 0 aromatic carbocycles. The smallest absolute Gasteiger partial charge is 0.0149 e. The van der Waals surface area contributed by atoms with Gasteiger partial charge in [-0.15, -0.1) is 0 Å². The van der Waals surface area contributed by atoms with Crippen LogP contribution >= 0.6 is 11.6 Å². The van der Waals surface area contributed by atoms with E-state index < -0.39 is 0 Å². The predicted octanol–water partition coefficient (Wildman–Crippen LogP) is 7.88. The summed E-state index contributed by atoms with van der Waals surface area (Å²) in [4.78, 5) is 0. The molecular weight excluding hydrogens is 300 g/mol. The van der Waals surface area contributed by atoms with Crippen molar-refractivity contribution in [3.63, 3.8) is 0 Å². The van der Waals surface area contributed by atoms with E-state index >= 15 is 0 Å². The Balaban J connectivity index is 1.85. The zero-order valence-electron chi connectivity index (χ0n) is 15.6. The van der Waals surface area contributed by atoms with Gasteiger partial charge in [0.25, 0.3) is 0 Å². The minimum absolute atomic E-state index is 0.817. The maximum atomic E-state index is 6.00. The number of hydrogen-bond donors (Lipinski definition) is 0. The van der Waals surface area contributed by atoms with E-state index in [1.807, 2.05) is 6.92 Å². The number of halogens is 1. The van der Waals surface area contributed by atoms with Crippen molar-refractivity contribution < 1.29 is 0 Å². The van der Waals surface area contributed by atoms with Crippen molar-refractivity contribution in [3.8, 4) is 0 Å². The first-order chi connectivity index (χ1) is 11.1. The third-order valence-electron chi connectivity index (χ3n) is 6.61. The van der Waals surface area contributed by atoms with Crippen LogP contribution in [0.15, 0.2) is 22.8 Å². The van der Waals surface area contributed by atoms with E-state index in [2.05, 4.69) is 26.0 Å². The van der Waals surface area contributed by atoms with E-state index in [-0.39, 0.29) is 0 Å². The molecule has 0 nitrogen and oxygen atoms in total. The van der Waals surface area contributed by atoms with Gasteiger partial charge in [-0.2, -0.15) is 0 Å². The molecule has 0 aromatic heterocycles. The molecule has 2 aliphatic carbocycles. The molecule has 2 atom stereocenters. The average molecular weight is 337 g/mol.